The highest BCUT2D eigenvalue weighted by atomic mass is 28.3. The number of carbonyl (C=O) groups is 1. The molecule has 0 aliphatic heterocycles. The van der Waals surface area contributed by atoms with Gasteiger partial charge >= 0.3 is 5.97 Å². The molecule has 0 aromatic heterocycles. The number of hydrogen-bond donors (Lipinski definition) is 1. The van der Waals surface area contributed by atoms with Crippen molar-refractivity contribution in [1.29, 1.82) is 0 Å². The van der Waals surface area contributed by atoms with Crippen LogP contribution in [0.3, 0.4) is 0 Å². The molecule has 0 bridgehead atoms. The molecule has 1 atom stereocenters. The number of rotatable bonds is 3. The van der Waals surface area contributed by atoms with Crippen LogP contribution in [0.5, 0.6) is 0 Å². The summed E-state index contributed by atoms with van der Waals surface area (Å²) in [5.74, 6) is -0.989. The Hall–Kier alpha value is -0.313. The van der Waals surface area contributed by atoms with Gasteiger partial charge in [-0.05, 0) is 6.04 Å². The van der Waals surface area contributed by atoms with Crippen LogP contribution < -0.4 is 0 Å². The minimum atomic E-state index is -2.70. The summed E-state index contributed by atoms with van der Waals surface area (Å²) in [7, 11) is -2.70. The maximum atomic E-state index is 10.3. The summed E-state index contributed by atoms with van der Waals surface area (Å²) in [5, 5.41) is 8.42. The highest BCUT2D eigenvalue weighted by molar-refractivity contribution is 6.76. The molecule has 0 aromatic carbocycles. The van der Waals surface area contributed by atoms with Crippen LogP contribution in [0.15, 0.2) is 0 Å². The molecule has 0 aliphatic carbocycles. The molecule has 0 amide bonds. The van der Waals surface area contributed by atoms with Crippen LogP contribution >= 0.6 is 0 Å². The van der Waals surface area contributed by atoms with E-state index in [1.807, 2.05) is 0 Å². The average Bonchev–Trinajstić information content (AvgIpc) is 1.98. The Bertz CT molecular complexity index is 194. The monoisotopic (exact) mass is 150 g/mol. The van der Waals surface area contributed by atoms with E-state index in [0.29, 0.717) is 0 Å². The van der Waals surface area contributed by atoms with Crippen molar-refractivity contribution in [3.05, 3.63) is 0 Å². The SMILES string of the molecule is [2H]C[Si](C)(CCC(=O)O)C([2H])([2H])[2H]. The Kier molecular flexibility index (Phi) is 1.26. The van der Waals surface area contributed by atoms with Crippen LogP contribution in [0, 0.1) is 0 Å². The van der Waals surface area contributed by atoms with Crippen LogP contribution in [0.1, 0.15) is 11.9 Å². The summed E-state index contributed by atoms with van der Waals surface area (Å²) in [6, 6.07) is 0.155. The second kappa shape index (κ2) is 3.01. The summed E-state index contributed by atoms with van der Waals surface area (Å²) in [6.45, 7) is -0.698. The minimum absolute atomic E-state index is 0.139. The zero-order chi connectivity index (χ0) is 10.7. The van der Waals surface area contributed by atoms with Crippen molar-refractivity contribution in [2.75, 3.05) is 0 Å². The number of carboxylic acids is 1. The first-order chi connectivity index (χ1) is 5.73. The third-order valence-electron chi connectivity index (χ3n) is 0.891. The number of hydrogen-bond acceptors (Lipinski definition) is 1. The molecule has 0 heterocycles. The molecule has 54 valence electrons. The van der Waals surface area contributed by atoms with Gasteiger partial charge in [-0.15, -0.1) is 0 Å². The molecule has 2 nitrogen and oxygen atoms in total. The Morgan fingerprint density at radius 1 is 1.89 bits per heavy atom. The average molecular weight is 150 g/mol. The molecule has 0 radical (unpaired) electrons. The van der Waals surface area contributed by atoms with Gasteiger partial charge in [0.15, 0.2) is 0 Å². The van der Waals surface area contributed by atoms with Gasteiger partial charge in [0, 0.05) is 20.0 Å². The molecule has 0 aromatic rings. The zero-order valence-electron chi connectivity index (χ0n) is 9.48. The van der Waals surface area contributed by atoms with E-state index in [-0.39, 0.29) is 19.0 Å². The molecular weight excluding hydrogens is 132 g/mol. The van der Waals surface area contributed by atoms with Crippen molar-refractivity contribution >= 4 is 14.0 Å². The molecule has 9 heavy (non-hydrogen) atoms. The van der Waals surface area contributed by atoms with E-state index < -0.39 is 20.5 Å². The highest BCUT2D eigenvalue weighted by Crippen LogP contribution is 2.10. The molecule has 0 saturated heterocycles. The van der Waals surface area contributed by atoms with Gasteiger partial charge in [-0.1, -0.05) is 19.5 Å². The van der Waals surface area contributed by atoms with Crippen molar-refractivity contribution in [3.63, 3.8) is 0 Å². The van der Waals surface area contributed by atoms with Gasteiger partial charge in [0.2, 0.25) is 0 Å². The summed E-state index contributed by atoms with van der Waals surface area (Å²) in [6.07, 6.45) is -0.139. The first-order valence-electron chi connectivity index (χ1n) is 4.95. The van der Waals surface area contributed by atoms with Gasteiger partial charge in [0.1, 0.15) is 0 Å². The zero-order valence-corrected chi connectivity index (χ0v) is 6.48. The second-order valence-corrected chi connectivity index (χ2v) is 6.08. The maximum absolute atomic E-state index is 10.3. The van der Waals surface area contributed by atoms with Crippen LogP contribution in [0.4, 0.5) is 0 Å². The first-order valence-corrected chi connectivity index (χ1v) is 5.65. The largest absolute Gasteiger partial charge is 0.481 e. The van der Waals surface area contributed by atoms with Crippen molar-refractivity contribution in [1.82, 2.24) is 0 Å². The second-order valence-electron chi connectivity index (χ2n) is 2.45. The lowest BCUT2D eigenvalue weighted by molar-refractivity contribution is -0.136. The fraction of sp³-hybridized carbons (Fsp3) is 0.833. The lowest BCUT2D eigenvalue weighted by atomic mass is 10.5. The van der Waals surface area contributed by atoms with Gasteiger partial charge in [-0.25, -0.2) is 0 Å². The molecule has 1 N–H and O–H groups in total. The Labute approximate surface area is 62.5 Å². The number of aliphatic carboxylic acids is 1. The fourth-order valence-electron chi connectivity index (χ4n) is 0.383. The van der Waals surface area contributed by atoms with Crippen LogP contribution in [0.2, 0.25) is 25.6 Å². The van der Waals surface area contributed by atoms with Crippen LogP contribution in [0.25, 0.3) is 0 Å². The first kappa shape index (κ1) is 3.76. The van der Waals surface area contributed by atoms with Crippen molar-refractivity contribution in [3.8, 4) is 0 Å². The van der Waals surface area contributed by atoms with E-state index in [2.05, 4.69) is 0 Å². The molecule has 0 rings (SSSR count). The Morgan fingerprint density at radius 2 is 2.56 bits per heavy atom. The molecule has 0 spiro atoms. The van der Waals surface area contributed by atoms with E-state index in [4.69, 9.17) is 10.6 Å². The van der Waals surface area contributed by atoms with Crippen molar-refractivity contribution in [2.24, 2.45) is 0 Å². The topological polar surface area (TPSA) is 37.3 Å². The highest BCUT2D eigenvalue weighted by Gasteiger charge is 2.13. The van der Waals surface area contributed by atoms with Gasteiger partial charge in [0.05, 0.1) is 0 Å². The predicted octanol–water partition coefficient (Wildman–Crippen LogP) is 1.80. The van der Waals surface area contributed by atoms with Crippen molar-refractivity contribution in [2.45, 2.75) is 32.0 Å². The van der Waals surface area contributed by atoms with Gasteiger partial charge < -0.3 is 5.11 Å². The molecule has 3 heteroatoms. The van der Waals surface area contributed by atoms with Crippen LogP contribution in [-0.2, 0) is 4.79 Å². The summed E-state index contributed by atoms with van der Waals surface area (Å²) in [4.78, 5) is 10.3. The lowest BCUT2D eigenvalue weighted by Gasteiger charge is -2.12. The van der Waals surface area contributed by atoms with Crippen molar-refractivity contribution < 1.29 is 15.4 Å². The predicted molar refractivity (Wildman–Crippen MR) is 40.4 cm³/mol. The number of carboxylic acid groups (broad SMARTS) is 1. The molecule has 0 fully saturated rings. The maximum Gasteiger partial charge on any atom is 0.303 e. The summed E-state index contributed by atoms with van der Waals surface area (Å²) in [5.41, 5.74) is 0. The van der Waals surface area contributed by atoms with E-state index in [0.717, 1.165) is 0 Å². The summed E-state index contributed by atoms with van der Waals surface area (Å²) < 4.78 is 28.8. The van der Waals surface area contributed by atoms with Gasteiger partial charge in [0.25, 0.3) is 0 Å². The van der Waals surface area contributed by atoms with Crippen LogP contribution in [-0.4, -0.2) is 19.1 Å². The van der Waals surface area contributed by atoms with E-state index in [1.165, 1.54) is 0 Å². The molecular formula is C6H14O2Si. The van der Waals surface area contributed by atoms with E-state index >= 15 is 0 Å². The quantitative estimate of drug-likeness (QED) is 0.623. The van der Waals surface area contributed by atoms with Gasteiger partial charge in [-0.2, -0.15) is 0 Å². The Balaban J connectivity index is 4.38. The summed E-state index contributed by atoms with van der Waals surface area (Å²) >= 11 is 0. The molecule has 0 saturated carbocycles. The molecule has 1 unspecified atom stereocenters. The standard InChI is InChI=1S/C6H14O2Si/c1-9(2,3)5-4-6(7)8/h4-5H2,1-3H3,(H,7,8)/i1D,2D3. The Morgan fingerprint density at radius 3 is 2.89 bits per heavy atom. The fourth-order valence-corrected chi connectivity index (χ4v) is 1.15. The van der Waals surface area contributed by atoms with Gasteiger partial charge in [-0.3, -0.25) is 4.79 Å². The third kappa shape index (κ3) is 7.69. The van der Waals surface area contributed by atoms with E-state index in [9.17, 15) is 4.79 Å². The normalized spacial score (nSPS) is 24.6. The smallest absolute Gasteiger partial charge is 0.303 e. The third-order valence-corrected chi connectivity index (χ3v) is 2.24. The van der Waals surface area contributed by atoms with E-state index in [1.54, 1.807) is 6.55 Å². The minimum Gasteiger partial charge on any atom is -0.481 e. The lowest BCUT2D eigenvalue weighted by Crippen LogP contribution is -2.20. The molecule has 0 aliphatic rings.